The van der Waals surface area contributed by atoms with Crippen molar-refractivity contribution < 1.29 is 4.74 Å². The van der Waals surface area contributed by atoms with Crippen molar-refractivity contribution in [3.63, 3.8) is 0 Å². The number of nitrogens with zero attached hydrogens (tertiary/aromatic N) is 2. The summed E-state index contributed by atoms with van der Waals surface area (Å²) in [7, 11) is 0. The second-order valence-corrected chi connectivity index (χ2v) is 6.04. The van der Waals surface area contributed by atoms with Crippen LogP contribution >= 0.6 is 11.3 Å². The molecule has 0 bridgehead atoms. The quantitative estimate of drug-likeness (QED) is 0.910. The minimum Gasteiger partial charge on any atom is -0.372 e. The highest BCUT2D eigenvalue weighted by atomic mass is 32.1. The van der Waals surface area contributed by atoms with Crippen molar-refractivity contribution in [2.75, 3.05) is 18.0 Å². The van der Waals surface area contributed by atoms with E-state index in [9.17, 15) is 0 Å². The first kappa shape index (κ1) is 13.8. The molecule has 1 aliphatic heterocycles. The van der Waals surface area contributed by atoms with Gasteiger partial charge in [0, 0.05) is 24.5 Å². The first-order valence-corrected chi connectivity index (χ1v) is 7.54. The smallest absolute Gasteiger partial charge is 0.186 e. The molecule has 0 spiro atoms. The third kappa shape index (κ3) is 3.02. The normalized spacial score (nSPS) is 24.6. The third-order valence-corrected chi connectivity index (χ3v) is 4.31. The van der Waals surface area contributed by atoms with Crippen LogP contribution in [0.5, 0.6) is 0 Å². The van der Waals surface area contributed by atoms with E-state index in [1.165, 1.54) is 10.6 Å². The van der Waals surface area contributed by atoms with E-state index in [0.29, 0.717) is 6.54 Å². The van der Waals surface area contributed by atoms with E-state index in [2.05, 4.69) is 25.7 Å². The lowest BCUT2D eigenvalue weighted by Gasteiger charge is -2.35. The van der Waals surface area contributed by atoms with Gasteiger partial charge in [0.2, 0.25) is 0 Å². The molecule has 2 rings (SSSR count). The van der Waals surface area contributed by atoms with Gasteiger partial charge in [-0.15, -0.1) is 11.3 Å². The Labute approximate surface area is 113 Å². The van der Waals surface area contributed by atoms with Crippen LogP contribution in [0, 0.1) is 0 Å². The highest BCUT2D eigenvalue weighted by Crippen LogP contribution is 2.29. The molecule has 18 heavy (non-hydrogen) atoms. The zero-order valence-corrected chi connectivity index (χ0v) is 12.3. The molecule has 4 nitrogen and oxygen atoms in total. The van der Waals surface area contributed by atoms with Gasteiger partial charge >= 0.3 is 0 Å². The van der Waals surface area contributed by atoms with Gasteiger partial charge in [-0.3, -0.25) is 0 Å². The Balaban J connectivity index is 2.17. The number of morpholine rings is 1. The van der Waals surface area contributed by atoms with Crippen molar-refractivity contribution in [2.45, 2.75) is 52.4 Å². The van der Waals surface area contributed by atoms with Crippen molar-refractivity contribution in [3.05, 3.63) is 10.6 Å². The molecule has 0 aliphatic carbocycles. The Bertz CT molecular complexity index is 384. The molecule has 102 valence electrons. The molecular weight excluding hydrogens is 246 g/mol. The van der Waals surface area contributed by atoms with Crippen LogP contribution < -0.4 is 10.6 Å². The Morgan fingerprint density at radius 2 is 2.06 bits per heavy atom. The summed E-state index contributed by atoms with van der Waals surface area (Å²) in [6.45, 7) is 8.86. The SMILES string of the molecule is CCCc1nc(N2C[C@@H](C)O[C@@H](C)C2)sc1CN. The molecule has 2 atom stereocenters. The van der Waals surface area contributed by atoms with Gasteiger partial charge in [0.05, 0.1) is 17.9 Å². The Hall–Kier alpha value is -0.650. The van der Waals surface area contributed by atoms with Crippen molar-refractivity contribution in [1.29, 1.82) is 0 Å². The number of anilines is 1. The third-order valence-electron chi connectivity index (χ3n) is 3.13. The standard InChI is InChI=1S/C13H23N3OS/c1-4-5-11-12(6-14)18-13(15-11)16-7-9(2)17-10(3)8-16/h9-10H,4-8,14H2,1-3H3/t9-,10+. The van der Waals surface area contributed by atoms with E-state index < -0.39 is 0 Å². The zero-order valence-electron chi connectivity index (χ0n) is 11.5. The molecule has 2 N–H and O–H groups in total. The average Bonchev–Trinajstić information content (AvgIpc) is 2.71. The van der Waals surface area contributed by atoms with Gasteiger partial charge in [0.1, 0.15) is 0 Å². The van der Waals surface area contributed by atoms with Crippen LogP contribution in [0.1, 0.15) is 37.8 Å². The number of hydrogen-bond acceptors (Lipinski definition) is 5. The number of aryl methyl sites for hydroxylation is 1. The Morgan fingerprint density at radius 3 is 2.61 bits per heavy atom. The first-order chi connectivity index (χ1) is 8.63. The first-order valence-electron chi connectivity index (χ1n) is 6.73. The monoisotopic (exact) mass is 269 g/mol. The molecule has 0 amide bonds. The molecule has 1 fully saturated rings. The van der Waals surface area contributed by atoms with Crippen molar-refractivity contribution in [2.24, 2.45) is 5.73 Å². The lowest BCUT2D eigenvalue weighted by Crippen LogP contribution is -2.45. The number of rotatable bonds is 4. The summed E-state index contributed by atoms with van der Waals surface area (Å²) in [5.41, 5.74) is 6.99. The molecule has 1 aromatic rings. The van der Waals surface area contributed by atoms with Crippen molar-refractivity contribution in [1.82, 2.24) is 4.98 Å². The molecule has 1 saturated heterocycles. The van der Waals surface area contributed by atoms with Gasteiger partial charge < -0.3 is 15.4 Å². The summed E-state index contributed by atoms with van der Waals surface area (Å²) in [4.78, 5) is 8.34. The number of thiazole rings is 1. The van der Waals surface area contributed by atoms with Crippen LogP contribution in [-0.2, 0) is 17.7 Å². The zero-order chi connectivity index (χ0) is 13.1. The summed E-state index contributed by atoms with van der Waals surface area (Å²) < 4.78 is 5.76. The second-order valence-electron chi connectivity index (χ2n) is 4.98. The Morgan fingerprint density at radius 1 is 1.39 bits per heavy atom. The molecule has 0 saturated carbocycles. The molecule has 0 unspecified atom stereocenters. The minimum atomic E-state index is 0.272. The molecule has 1 aliphatic rings. The lowest BCUT2D eigenvalue weighted by atomic mass is 10.2. The summed E-state index contributed by atoms with van der Waals surface area (Å²) in [5, 5.41) is 1.11. The van der Waals surface area contributed by atoms with Crippen LogP contribution in [0.2, 0.25) is 0 Å². The molecular formula is C13H23N3OS. The number of nitrogens with two attached hydrogens (primary N) is 1. The van der Waals surface area contributed by atoms with Crippen LogP contribution in [0.25, 0.3) is 0 Å². The van der Waals surface area contributed by atoms with Gasteiger partial charge in [0.25, 0.3) is 0 Å². The molecule has 0 aromatic carbocycles. The maximum Gasteiger partial charge on any atom is 0.186 e. The second kappa shape index (κ2) is 5.99. The fraction of sp³-hybridized carbons (Fsp3) is 0.769. The van der Waals surface area contributed by atoms with E-state index in [1.54, 1.807) is 11.3 Å². The van der Waals surface area contributed by atoms with E-state index in [4.69, 9.17) is 15.5 Å². The van der Waals surface area contributed by atoms with Crippen LogP contribution in [0.4, 0.5) is 5.13 Å². The van der Waals surface area contributed by atoms with Crippen molar-refractivity contribution >= 4 is 16.5 Å². The molecule has 5 heteroatoms. The van der Waals surface area contributed by atoms with Crippen LogP contribution in [-0.4, -0.2) is 30.3 Å². The van der Waals surface area contributed by atoms with E-state index >= 15 is 0 Å². The molecule has 1 aromatic heterocycles. The van der Waals surface area contributed by atoms with E-state index in [-0.39, 0.29) is 12.2 Å². The summed E-state index contributed by atoms with van der Waals surface area (Å²) in [5.74, 6) is 0. The maximum absolute atomic E-state index is 5.81. The van der Waals surface area contributed by atoms with Gasteiger partial charge in [-0.25, -0.2) is 4.98 Å². The predicted molar refractivity (Wildman–Crippen MR) is 76.2 cm³/mol. The molecule has 0 radical (unpaired) electrons. The molecule has 2 heterocycles. The van der Waals surface area contributed by atoms with E-state index in [0.717, 1.165) is 31.1 Å². The summed E-state index contributed by atoms with van der Waals surface area (Å²) >= 11 is 1.74. The summed E-state index contributed by atoms with van der Waals surface area (Å²) in [6.07, 6.45) is 2.69. The summed E-state index contributed by atoms with van der Waals surface area (Å²) in [6, 6.07) is 0. The van der Waals surface area contributed by atoms with Gasteiger partial charge in [-0.2, -0.15) is 0 Å². The van der Waals surface area contributed by atoms with Crippen molar-refractivity contribution in [3.8, 4) is 0 Å². The van der Waals surface area contributed by atoms with Gasteiger partial charge in [0.15, 0.2) is 5.13 Å². The van der Waals surface area contributed by atoms with Crippen LogP contribution in [0.15, 0.2) is 0 Å². The Kier molecular flexibility index (Phi) is 4.59. The van der Waals surface area contributed by atoms with Gasteiger partial charge in [-0.05, 0) is 20.3 Å². The maximum atomic E-state index is 5.81. The number of ether oxygens (including phenoxy) is 1. The fourth-order valence-electron chi connectivity index (χ4n) is 2.43. The topological polar surface area (TPSA) is 51.4 Å². The van der Waals surface area contributed by atoms with Crippen LogP contribution in [0.3, 0.4) is 0 Å². The van der Waals surface area contributed by atoms with E-state index in [1.807, 2.05) is 0 Å². The largest absolute Gasteiger partial charge is 0.372 e. The highest BCUT2D eigenvalue weighted by Gasteiger charge is 2.25. The highest BCUT2D eigenvalue weighted by molar-refractivity contribution is 7.15. The predicted octanol–water partition coefficient (Wildman–Crippen LogP) is 2.17. The van der Waals surface area contributed by atoms with Gasteiger partial charge in [-0.1, -0.05) is 13.3 Å². The number of hydrogen-bond donors (Lipinski definition) is 1. The minimum absolute atomic E-state index is 0.272. The fourth-order valence-corrected chi connectivity index (χ4v) is 3.43. The lowest BCUT2D eigenvalue weighted by molar-refractivity contribution is -0.00523. The number of aromatic nitrogens is 1. The average molecular weight is 269 g/mol.